The molecule has 0 saturated carbocycles. The zero-order chi connectivity index (χ0) is 22.7. The number of aryl methyl sites for hydroxylation is 3. The first-order valence-corrected chi connectivity index (χ1v) is 9.20. The molecule has 0 atom stereocenters. The van der Waals surface area contributed by atoms with Gasteiger partial charge in [-0.25, -0.2) is 4.79 Å². The number of halogens is 3. The molecule has 2 aromatic carbocycles. The number of carboxylic acid groups (broad SMARTS) is 1. The number of para-hydroxylation sites is 1. The highest BCUT2D eigenvalue weighted by atomic mass is 19.4. The molecule has 0 aliphatic carbocycles. The topological polar surface area (TPSA) is 72.8 Å². The average molecular weight is 424 g/mol. The summed E-state index contributed by atoms with van der Waals surface area (Å²) in [6.07, 6.45) is -4.61. The lowest BCUT2D eigenvalue weighted by molar-refractivity contribution is -0.274. The molecule has 162 valence electrons. The molecule has 0 aliphatic heterocycles. The van der Waals surface area contributed by atoms with Gasteiger partial charge in [0.2, 0.25) is 0 Å². The van der Waals surface area contributed by atoms with E-state index < -0.39 is 29.5 Å². The standard InChI is InChI=1S/C22H23F3O5/c1-13-11-15(12-14(2)19(13)30-21(3,4)20(27)28)9-10-17(26)16-7-5-6-8-18(16)29-22(23,24)25/h5-8,11-12H,9-10H2,1-4H3,(H,27,28). The maximum atomic E-state index is 12.5. The molecule has 0 amide bonds. The normalized spacial score (nSPS) is 11.8. The molecule has 2 rings (SSSR count). The number of hydrogen-bond acceptors (Lipinski definition) is 4. The fourth-order valence-corrected chi connectivity index (χ4v) is 2.95. The van der Waals surface area contributed by atoms with Gasteiger partial charge in [0.15, 0.2) is 11.4 Å². The van der Waals surface area contributed by atoms with Gasteiger partial charge < -0.3 is 14.6 Å². The maximum Gasteiger partial charge on any atom is 0.573 e. The number of hydrogen-bond donors (Lipinski definition) is 1. The van der Waals surface area contributed by atoms with Crippen molar-refractivity contribution in [1.29, 1.82) is 0 Å². The Hall–Kier alpha value is -3.03. The molecule has 8 heteroatoms. The van der Waals surface area contributed by atoms with Crippen LogP contribution in [0, 0.1) is 13.8 Å². The van der Waals surface area contributed by atoms with Crippen molar-refractivity contribution in [2.75, 3.05) is 0 Å². The number of carboxylic acids is 1. The first kappa shape index (κ1) is 23.3. The van der Waals surface area contributed by atoms with Gasteiger partial charge in [-0.3, -0.25) is 4.79 Å². The third-order valence-corrected chi connectivity index (χ3v) is 4.45. The van der Waals surface area contributed by atoms with Gasteiger partial charge in [0.1, 0.15) is 11.5 Å². The first-order chi connectivity index (χ1) is 13.8. The Morgan fingerprint density at radius 3 is 2.10 bits per heavy atom. The molecule has 0 aromatic heterocycles. The van der Waals surface area contributed by atoms with Crippen LogP contribution in [0.25, 0.3) is 0 Å². The van der Waals surface area contributed by atoms with Crippen LogP contribution < -0.4 is 9.47 Å². The third-order valence-electron chi connectivity index (χ3n) is 4.45. The van der Waals surface area contributed by atoms with Crippen LogP contribution in [0.2, 0.25) is 0 Å². The van der Waals surface area contributed by atoms with Gasteiger partial charge in [0.25, 0.3) is 0 Å². The minimum atomic E-state index is -4.88. The minimum absolute atomic E-state index is 0.0159. The lowest BCUT2D eigenvalue weighted by Gasteiger charge is -2.24. The molecule has 0 bridgehead atoms. The lowest BCUT2D eigenvalue weighted by atomic mass is 9.98. The molecule has 1 N–H and O–H groups in total. The van der Waals surface area contributed by atoms with Crippen LogP contribution in [0.1, 0.15) is 47.3 Å². The molecule has 30 heavy (non-hydrogen) atoms. The zero-order valence-electron chi connectivity index (χ0n) is 17.1. The average Bonchev–Trinajstić information content (AvgIpc) is 2.61. The summed E-state index contributed by atoms with van der Waals surface area (Å²) in [6.45, 7) is 6.42. The Bertz CT molecular complexity index is 925. The molecular formula is C22H23F3O5. The van der Waals surface area contributed by atoms with E-state index in [1.807, 2.05) is 0 Å². The molecule has 0 saturated heterocycles. The number of benzene rings is 2. The van der Waals surface area contributed by atoms with Crippen molar-refractivity contribution in [2.24, 2.45) is 0 Å². The minimum Gasteiger partial charge on any atom is -0.478 e. The first-order valence-electron chi connectivity index (χ1n) is 9.20. The monoisotopic (exact) mass is 424 g/mol. The van der Waals surface area contributed by atoms with Crippen LogP contribution in [-0.4, -0.2) is 28.8 Å². The summed E-state index contributed by atoms with van der Waals surface area (Å²) in [5.41, 5.74) is 0.648. The van der Waals surface area contributed by atoms with Crippen LogP contribution in [0.4, 0.5) is 13.2 Å². The van der Waals surface area contributed by atoms with E-state index in [2.05, 4.69) is 4.74 Å². The number of aliphatic carboxylic acids is 1. The van der Waals surface area contributed by atoms with Gasteiger partial charge in [-0.2, -0.15) is 0 Å². The van der Waals surface area contributed by atoms with Crippen molar-refractivity contribution >= 4 is 11.8 Å². The van der Waals surface area contributed by atoms with E-state index in [1.165, 1.54) is 32.0 Å². The summed E-state index contributed by atoms with van der Waals surface area (Å²) in [5, 5.41) is 9.24. The van der Waals surface area contributed by atoms with Gasteiger partial charge in [-0.15, -0.1) is 13.2 Å². The van der Waals surface area contributed by atoms with Gasteiger partial charge in [0.05, 0.1) is 5.56 Å². The molecule has 5 nitrogen and oxygen atoms in total. The molecule has 2 aromatic rings. The van der Waals surface area contributed by atoms with Gasteiger partial charge >= 0.3 is 12.3 Å². The highest BCUT2D eigenvalue weighted by Crippen LogP contribution is 2.30. The Kier molecular flexibility index (Phi) is 6.80. The van der Waals surface area contributed by atoms with E-state index in [0.717, 1.165) is 11.6 Å². The highest BCUT2D eigenvalue weighted by molar-refractivity contribution is 5.98. The fraction of sp³-hybridized carbons (Fsp3) is 0.364. The maximum absolute atomic E-state index is 12.5. The molecule has 0 radical (unpaired) electrons. The van der Waals surface area contributed by atoms with Crippen molar-refractivity contribution in [3.8, 4) is 11.5 Å². The molecule has 0 fully saturated rings. The predicted molar refractivity (Wildman–Crippen MR) is 104 cm³/mol. The molecular weight excluding hydrogens is 401 g/mol. The summed E-state index contributed by atoms with van der Waals surface area (Å²) in [6, 6.07) is 8.77. The highest BCUT2D eigenvalue weighted by Gasteiger charge is 2.33. The van der Waals surface area contributed by atoms with Gasteiger partial charge in [-0.1, -0.05) is 24.3 Å². The number of alkyl halides is 3. The molecule has 0 heterocycles. The SMILES string of the molecule is Cc1cc(CCC(=O)c2ccccc2OC(F)(F)F)cc(C)c1OC(C)(C)C(=O)O. The Morgan fingerprint density at radius 1 is 1.00 bits per heavy atom. The zero-order valence-corrected chi connectivity index (χ0v) is 17.1. The summed E-state index contributed by atoms with van der Waals surface area (Å²) < 4.78 is 47.2. The molecule has 0 unspecified atom stereocenters. The largest absolute Gasteiger partial charge is 0.573 e. The Labute approximate surface area is 172 Å². The van der Waals surface area contributed by atoms with E-state index in [9.17, 15) is 27.9 Å². The summed E-state index contributed by atoms with van der Waals surface area (Å²) in [5.74, 6) is -1.66. The second-order valence-corrected chi connectivity index (χ2v) is 7.44. The second kappa shape index (κ2) is 8.77. The summed E-state index contributed by atoms with van der Waals surface area (Å²) in [7, 11) is 0. The van der Waals surface area contributed by atoms with Gasteiger partial charge in [-0.05, 0) is 62.9 Å². The number of carbonyl (C=O) groups excluding carboxylic acids is 1. The number of ketones is 1. The summed E-state index contributed by atoms with van der Waals surface area (Å²) in [4.78, 5) is 23.8. The van der Waals surface area contributed by atoms with Crippen LogP contribution in [-0.2, 0) is 11.2 Å². The number of rotatable bonds is 8. The quantitative estimate of drug-likeness (QED) is 0.585. The van der Waals surface area contributed by atoms with E-state index in [4.69, 9.17) is 4.74 Å². The predicted octanol–water partition coefficient (Wildman–Crippen LogP) is 5.26. The van der Waals surface area contributed by atoms with Crippen molar-refractivity contribution in [3.63, 3.8) is 0 Å². The van der Waals surface area contributed by atoms with Crippen LogP contribution in [0.3, 0.4) is 0 Å². The van der Waals surface area contributed by atoms with E-state index >= 15 is 0 Å². The van der Waals surface area contributed by atoms with Crippen molar-refractivity contribution < 1.29 is 37.3 Å². The number of Topliss-reactive ketones (excluding diaryl/α,β-unsaturated/α-hetero) is 1. The van der Waals surface area contributed by atoms with Crippen molar-refractivity contribution in [3.05, 3.63) is 58.7 Å². The van der Waals surface area contributed by atoms with Crippen molar-refractivity contribution in [2.45, 2.75) is 52.5 Å². The smallest absolute Gasteiger partial charge is 0.478 e. The van der Waals surface area contributed by atoms with Crippen LogP contribution >= 0.6 is 0 Å². The fourth-order valence-electron chi connectivity index (χ4n) is 2.95. The molecule has 0 aliphatic rings. The van der Waals surface area contributed by atoms with E-state index in [-0.39, 0.29) is 12.0 Å². The van der Waals surface area contributed by atoms with Gasteiger partial charge in [0, 0.05) is 6.42 Å². The number of carbonyl (C=O) groups is 2. The second-order valence-electron chi connectivity index (χ2n) is 7.44. The lowest BCUT2D eigenvalue weighted by Crippen LogP contribution is -2.38. The van der Waals surface area contributed by atoms with E-state index in [1.54, 1.807) is 26.0 Å². The summed E-state index contributed by atoms with van der Waals surface area (Å²) >= 11 is 0. The third kappa shape index (κ3) is 5.98. The molecule has 0 spiro atoms. The Morgan fingerprint density at radius 2 is 1.57 bits per heavy atom. The van der Waals surface area contributed by atoms with E-state index in [0.29, 0.717) is 23.3 Å². The Balaban J connectivity index is 2.16. The van der Waals surface area contributed by atoms with Crippen molar-refractivity contribution in [1.82, 2.24) is 0 Å². The number of ether oxygens (including phenoxy) is 2. The van der Waals surface area contributed by atoms with Crippen LogP contribution in [0.15, 0.2) is 36.4 Å². The van der Waals surface area contributed by atoms with Crippen LogP contribution in [0.5, 0.6) is 11.5 Å².